The van der Waals surface area contributed by atoms with Gasteiger partial charge in [0.1, 0.15) is 0 Å². The first-order chi connectivity index (χ1) is 5.77. The minimum Gasteiger partial charge on any atom is -0.494 e. The molecule has 0 aliphatic rings. The Labute approximate surface area is 70.3 Å². The monoisotopic (exact) mass is 170 g/mol. The van der Waals surface area contributed by atoms with Crippen LogP contribution in [0.2, 0.25) is 0 Å². The van der Waals surface area contributed by atoms with Crippen molar-refractivity contribution in [2.75, 3.05) is 7.11 Å². The van der Waals surface area contributed by atoms with Gasteiger partial charge in [-0.2, -0.15) is 0 Å². The van der Waals surface area contributed by atoms with Gasteiger partial charge in [0.15, 0.2) is 11.6 Å². The Balaban J connectivity index is 2.86. The number of nitrogens with two attached hydrogens (primary N) is 1. The molecule has 0 fully saturated rings. The highest BCUT2D eigenvalue weighted by molar-refractivity contribution is 5.29. The van der Waals surface area contributed by atoms with E-state index in [-0.39, 0.29) is 11.6 Å². The molecular formula is C8H11FN2O. The van der Waals surface area contributed by atoms with Gasteiger partial charge in [-0.1, -0.05) is 6.07 Å². The molecule has 0 unspecified atom stereocenters. The van der Waals surface area contributed by atoms with E-state index in [9.17, 15) is 4.39 Å². The molecule has 12 heavy (non-hydrogen) atoms. The number of methoxy groups -OCH3 is 1. The fraction of sp³-hybridized carbons (Fsp3) is 0.250. The molecule has 0 atom stereocenters. The van der Waals surface area contributed by atoms with Crippen molar-refractivity contribution in [3.8, 4) is 5.75 Å². The van der Waals surface area contributed by atoms with Crippen molar-refractivity contribution >= 4 is 0 Å². The zero-order valence-electron chi connectivity index (χ0n) is 6.80. The molecule has 3 N–H and O–H groups in total. The number of benzene rings is 1. The molecule has 1 aromatic rings. The summed E-state index contributed by atoms with van der Waals surface area (Å²) in [5.74, 6) is 4.95. The first kappa shape index (κ1) is 8.96. The van der Waals surface area contributed by atoms with E-state index in [1.165, 1.54) is 13.2 Å². The third-order valence-corrected chi connectivity index (χ3v) is 1.52. The highest BCUT2D eigenvalue weighted by Gasteiger charge is 2.01. The highest BCUT2D eigenvalue weighted by Crippen LogP contribution is 2.17. The van der Waals surface area contributed by atoms with E-state index in [4.69, 9.17) is 10.6 Å². The van der Waals surface area contributed by atoms with E-state index < -0.39 is 0 Å². The Morgan fingerprint density at radius 2 is 2.33 bits per heavy atom. The summed E-state index contributed by atoms with van der Waals surface area (Å²) in [7, 11) is 1.43. The Morgan fingerprint density at radius 3 is 2.83 bits per heavy atom. The standard InChI is InChI=1S/C8H11FN2O/c1-12-8-3-2-6(5-11-10)4-7(8)9/h2-4,11H,5,10H2,1H3. The largest absolute Gasteiger partial charge is 0.494 e. The second-order valence-corrected chi connectivity index (χ2v) is 2.35. The summed E-state index contributed by atoms with van der Waals surface area (Å²) >= 11 is 0. The van der Waals surface area contributed by atoms with Crippen molar-refractivity contribution in [1.82, 2.24) is 5.43 Å². The van der Waals surface area contributed by atoms with Gasteiger partial charge >= 0.3 is 0 Å². The van der Waals surface area contributed by atoms with E-state index in [0.29, 0.717) is 6.54 Å². The van der Waals surface area contributed by atoms with Gasteiger partial charge in [0.25, 0.3) is 0 Å². The maximum atomic E-state index is 13.0. The zero-order chi connectivity index (χ0) is 8.97. The summed E-state index contributed by atoms with van der Waals surface area (Å²) < 4.78 is 17.7. The molecule has 0 saturated heterocycles. The fourth-order valence-electron chi connectivity index (χ4n) is 0.938. The molecule has 1 aromatic carbocycles. The second kappa shape index (κ2) is 4.04. The van der Waals surface area contributed by atoms with Gasteiger partial charge in [0.05, 0.1) is 7.11 Å². The predicted octanol–water partition coefficient (Wildman–Crippen LogP) is 0.798. The van der Waals surface area contributed by atoms with Crippen LogP contribution in [0.3, 0.4) is 0 Å². The topological polar surface area (TPSA) is 47.3 Å². The molecule has 0 radical (unpaired) electrons. The average Bonchev–Trinajstić information content (AvgIpc) is 2.05. The van der Waals surface area contributed by atoms with Gasteiger partial charge in [0, 0.05) is 6.54 Å². The Kier molecular flexibility index (Phi) is 3.01. The summed E-state index contributed by atoms with van der Waals surface area (Å²) in [6.45, 7) is 0.445. The minimum absolute atomic E-state index is 0.246. The van der Waals surface area contributed by atoms with Crippen molar-refractivity contribution in [2.24, 2.45) is 5.84 Å². The minimum atomic E-state index is -0.370. The van der Waals surface area contributed by atoms with Crippen LogP contribution in [0, 0.1) is 5.82 Å². The van der Waals surface area contributed by atoms with Crippen LogP contribution in [0.5, 0.6) is 5.75 Å². The summed E-state index contributed by atoms with van der Waals surface area (Å²) in [6, 6.07) is 4.71. The van der Waals surface area contributed by atoms with Crippen LogP contribution in [0.15, 0.2) is 18.2 Å². The third-order valence-electron chi connectivity index (χ3n) is 1.52. The van der Waals surface area contributed by atoms with Gasteiger partial charge in [-0.3, -0.25) is 11.3 Å². The van der Waals surface area contributed by atoms with Crippen LogP contribution >= 0.6 is 0 Å². The number of rotatable bonds is 3. The number of halogens is 1. The second-order valence-electron chi connectivity index (χ2n) is 2.35. The lowest BCUT2D eigenvalue weighted by Gasteiger charge is -2.03. The lowest BCUT2D eigenvalue weighted by Crippen LogP contribution is -2.20. The van der Waals surface area contributed by atoms with E-state index in [1.54, 1.807) is 12.1 Å². The average molecular weight is 170 g/mol. The third kappa shape index (κ3) is 1.93. The molecule has 0 heterocycles. The van der Waals surface area contributed by atoms with Gasteiger partial charge in [0.2, 0.25) is 0 Å². The lowest BCUT2D eigenvalue weighted by molar-refractivity contribution is 0.386. The van der Waals surface area contributed by atoms with E-state index in [0.717, 1.165) is 5.56 Å². The molecule has 0 bridgehead atoms. The highest BCUT2D eigenvalue weighted by atomic mass is 19.1. The molecule has 1 rings (SSSR count). The summed E-state index contributed by atoms with van der Waals surface area (Å²) in [5, 5.41) is 0. The quantitative estimate of drug-likeness (QED) is 0.521. The van der Waals surface area contributed by atoms with Crippen LogP contribution in [0.1, 0.15) is 5.56 Å². The van der Waals surface area contributed by atoms with Crippen molar-refractivity contribution in [1.29, 1.82) is 0 Å². The number of hydrogen-bond acceptors (Lipinski definition) is 3. The number of nitrogens with one attached hydrogen (secondary N) is 1. The Bertz CT molecular complexity index is 265. The first-order valence-corrected chi connectivity index (χ1v) is 3.54. The molecule has 0 amide bonds. The van der Waals surface area contributed by atoms with Crippen LogP contribution in [-0.2, 0) is 6.54 Å². The van der Waals surface area contributed by atoms with Crippen molar-refractivity contribution in [2.45, 2.75) is 6.54 Å². The van der Waals surface area contributed by atoms with Crippen LogP contribution in [0.25, 0.3) is 0 Å². The molecule has 0 saturated carbocycles. The van der Waals surface area contributed by atoms with Gasteiger partial charge in [-0.15, -0.1) is 0 Å². The van der Waals surface area contributed by atoms with Crippen LogP contribution < -0.4 is 16.0 Å². The van der Waals surface area contributed by atoms with Gasteiger partial charge < -0.3 is 4.74 Å². The molecule has 4 heteroatoms. The SMILES string of the molecule is COc1ccc(CNN)cc1F. The Morgan fingerprint density at radius 1 is 1.58 bits per heavy atom. The molecular weight excluding hydrogens is 159 g/mol. The normalized spacial score (nSPS) is 9.92. The number of ether oxygens (including phenoxy) is 1. The predicted molar refractivity (Wildman–Crippen MR) is 44.0 cm³/mol. The first-order valence-electron chi connectivity index (χ1n) is 3.54. The smallest absolute Gasteiger partial charge is 0.165 e. The summed E-state index contributed by atoms with van der Waals surface area (Å²) in [6.07, 6.45) is 0. The maximum Gasteiger partial charge on any atom is 0.165 e. The molecule has 0 spiro atoms. The fourth-order valence-corrected chi connectivity index (χ4v) is 0.938. The van der Waals surface area contributed by atoms with Crippen LogP contribution in [0.4, 0.5) is 4.39 Å². The number of hydrazine groups is 1. The van der Waals surface area contributed by atoms with Crippen LogP contribution in [-0.4, -0.2) is 7.11 Å². The maximum absolute atomic E-state index is 13.0. The van der Waals surface area contributed by atoms with Crippen molar-refractivity contribution < 1.29 is 9.13 Å². The number of hydrogen-bond donors (Lipinski definition) is 2. The molecule has 0 aromatic heterocycles. The zero-order valence-corrected chi connectivity index (χ0v) is 6.80. The van der Waals surface area contributed by atoms with Gasteiger partial charge in [-0.05, 0) is 17.7 Å². The molecule has 3 nitrogen and oxygen atoms in total. The van der Waals surface area contributed by atoms with E-state index >= 15 is 0 Å². The molecule has 0 aliphatic carbocycles. The van der Waals surface area contributed by atoms with Crippen molar-refractivity contribution in [3.63, 3.8) is 0 Å². The summed E-state index contributed by atoms with van der Waals surface area (Å²) in [5.41, 5.74) is 3.23. The van der Waals surface area contributed by atoms with E-state index in [1.807, 2.05) is 0 Å². The van der Waals surface area contributed by atoms with E-state index in [2.05, 4.69) is 5.43 Å². The summed E-state index contributed by atoms with van der Waals surface area (Å²) in [4.78, 5) is 0. The lowest BCUT2D eigenvalue weighted by atomic mass is 10.2. The molecule has 0 aliphatic heterocycles. The van der Waals surface area contributed by atoms with Gasteiger partial charge in [-0.25, -0.2) is 4.39 Å². The molecule has 66 valence electrons. The van der Waals surface area contributed by atoms with Crippen molar-refractivity contribution in [3.05, 3.63) is 29.6 Å². The Hall–Kier alpha value is -1.13.